The van der Waals surface area contributed by atoms with E-state index in [9.17, 15) is 9.59 Å². The molecule has 1 aromatic heterocycles. The summed E-state index contributed by atoms with van der Waals surface area (Å²) >= 11 is 0. The van der Waals surface area contributed by atoms with Crippen molar-refractivity contribution in [3.05, 3.63) is 40.4 Å². The number of aromatic nitrogens is 2. The molecule has 1 aromatic carbocycles. The molecule has 2 aromatic rings. The maximum atomic E-state index is 12.3. The van der Waals surface area contributed by atoms with Crippen LogP contribution in [0.4, 0.5) is 0 Å². The van der Waals surface area contributed by atoms with Crippen LogP contribution in [0.5, 0.6) is 0 Å². The summed E-state index contributed by atoms with van der Waals surface area (Å²) in [6.45, 7) is 8.49. The van der Waals surface area contributed by atoms with E-state index in [1.54, 1.807) is 6.07 Å². The SMILES string of the molecule is CC(C)C(=O)NCC1CCCN(C(C)c2nc3ccccc3c(=O)[nH]2)C1. The molecule has 0 aliphatic carbocycles. The highest BCUT2D eigenvalue weighted by Gasteiger charge is 2.26. The topological polar surface area (TPSA) is 78.1 Å². The quantitative estimate of drug-likeness (QED) is 0.863. The second-order valence-corrected chi connectivity index (χ2v) is 7.55. The number of aromatic amines is 1. The second-order valence-electron chi connectivity index (χ2n) is 7.55. The van der Waals surface area contributed by atoms with Crippen molar-refractivity contribution in [1.82, 2.24) is 20.2 Å². The first kappa shape index (κ1) is 18.6. The van der Waals surface area contributed by atoms with E-state index in [-0.39, 0.29) is 23.4 Å². The van der Waals surface area contributed by atoms with Gasteiger partial charge < -0.3 is 10.3 Å². The lowest BCUT2D eigenvalue weighted by molar-refractivity contribution is -0.124. The highest BCUT2D eigenvalue weighted by atomic mass is 16.1. The molecule has 0 radical (unpaired) electrons. The molecular formula is C20H28N4O2. The lowest BCUT2D eigenvalue weighted by atomic mass is 9.96. The number of carbonyl (C=O) groups is 1. The van der Waals surface area contributed by atoms with Gasteiger partial charge in [0, 0.05) is 19.0 Å². The minimum absolute atomic E-state index is 0.0143. The molecule has 1 saturated heterocycles. The molecule has 1 aliphatic rings. The molecule has 2 N–H and O–H groups in total. The fourth-order valence-corrected chi connectivity index (χ4v) is 3.54. The lowest BCUT2D eigenvalue weighted by Crippen LogP contribution is -2.43. The maximum absolute atomic E-state index is 12.3. The van der Waals surface area contributed by atoms with Gasteiger partial charge in [0.15, 0.2) is 0 Å². The summed E-state index contributed by atoms with van der Waals surface area (Å²) in [6.07, 6.45) is 2.20. The molecular weight excluding hydrogens is 328 g/mol. The van der Waals surface area contributed by atoms with Gasteiger partial charge in [-0.15, -0.1) is 0 Å². The van der Waals surface area contributed by atoms with Gasteiger partial charge in [-0.1, -0.05) is 26.0 Å². The number of para-hydroxylation sites is 1. The minimum Gasteiger partial charge on any atom is -0.356 e. The average molecular weight is 356 g/mol. The van der Waals surface area contributed by atoms with Gasteiger partial charge in [-0.05, 0) is 44.4 Å². The normalized spacial score (nSPS) is 19.6. The van der Waals surface area contributed by atoms with Crippen LogP contribution in [0.1, 0.15) is 45.5 Å². The summed E-state index contributed by atoms with van der Waals surface area (Å²) in [4.78, 5) is 34.1. The predicted octanol–water partition coefficient (Wildman–Crippen LogP) is 2.47. The van der Waals surface area contributed by atoms with Crippen molar-refractivity contribution in [1.29, 1.82) is 0 Å². The Labute approximate surface area is 154 Å². The molecule has 0 saturated carbocycles. The van der Waals surface area contributed by atoms with Crippen LogP contribution in [0.2, 0.25) is 0 Å². The van der Waals surface area contributed by atoms with Crippen molar-refractivity contribution in [3.8, 4) is 0 Å². The fraction of sp³-hybridized carbons (Fsp3) is 0.550. The van der Waals surface area contributed by atoms with E-state index in [2.05, 4.69) is 27.1 Å². The van der Waals surface area contributed by atoms with Crippen LogP contribution in [0.15, 0.2) is 29.1 Å². The monoisotopic (exact) mass is 356 g/mol. The van der Waals surface area contributed by atoms with E-state index in [1.807, 2.05) is 32.0 Å². The van der Waals surface area contributed by atoms with Crippen LogP contribution in [0.3, 0.4) is 0 Å². The number of likely N-dealkylation sites (tertiary alicyclic amines) is 1. The predicted molar refractivity (Wildman–Crippen MR) is 103 cm³/mol. The third-order valence-electron chi connectivity index (χ3n) is 5.21. The number of hydrogen-bond acceptors (Lipinski definition) is 4. The Kier molecular flexibility index (Phi) is 5.71. The number of nitrogens with one attached hydrogen (secondary N) is 2. The van der Waals surface area contributed by atoms with Gasteiger partial charge in [-0.25, -0.2) is 4.98 Å². The first-order valence-corrected chi connectivity index (χ1v) is 9.46. The van der Waals surface area contributed by atoms with Crippen molar-refractivity contribution in [2.75, 3.05) is 19.6 Å². The Morgan fingerprint density at radius 1 is 1.35 bits per heavy atom. The van der Waals surface area contributed by atoms with Gasteiger partial charge >= 0.3 is 0 Å². The molecule has 2 unspecified atom stereocenters. The van der Waals surface area contributed by atoms with E-state index in [4.69, 9.17) is 0 Å². The zero-order valence-electron chi connectivity index (χ0n) is 15.8. The lowest BCUT2D eigenvalue weighted by Gasteiger charge is -2.36. The highest BCUT2D eigenvalue weighted by Crippen LogP contribution is 2.25. The van der Waals surface area contributed by atoms with Crippen molar-refractivity contribution in [2.24, 2.45) is 11.8 Å². The van der Waals surface area contributed by atoms with Crippen molar-refractivity contribution < 1.29 is 4.79 Å². The first-order valence-electron chi connectivity index (χ1n) is 9.46. The van der Waals surface area contributed by atoms with Crippen LogP contribution >= 0.6 is 0 Å². The summed E-state index contributed by atoms with van der Waals surface area (Å²) in [6, 6.07) is 7.46. The Hall–Kier alpha value is -2.21. The summed E-state index contributed by atoms with van der Waals surface area (Å²) < 4.78 is 0. The number of nitrogens with zero attached hydrogens (tertiary/aromatic N) is 2. The number of carbonyl (C=O) groups excluding carboxylic acids is 1. The molecule has 6 heteroatoms. The second kappa shape index (κ2) is 7.99. The Morgan fingerprint density at radius 2 is 2.12 bits per heavy atom. The van der Waals surface area contributed by atoms with Crippen LogP contribution < -0.4 is 10.9 Å². The van der Waals surface area contributed by atoms with Gasteiger partial charge in [0.1, 0.15) is 5.82 Å². The van der Waals surface area contributed by atoms with Gasteiger partial charge in [0.2, 0.25) is 5.91 Å². The van der Waals surface area contributed by atoms with Gasteiger partial charge in [-0.2, -0.15) is 0 Å². The molecule has 1 amide bonds. The Bertz CT molecular complexity index is 830. The van der Waals surface area contributed by atoms with E-state index in [0.29, 0.717) is 23.7 Å². The average Bonchev–Trinajstić information content (AvgIpc) is 2.65. The highest BCUT2D eigenvalue weighted by molar-refractivity contribution is 5.78. The summed E-state index contributed by atoms with van der Waals surface area (Å²) in [5, 5.41) is 3.67. The summed E-state index contributed by atoms with van der Waals surface area (Å²) in [5.74, 6) is 1.26. The number of benzene rings is 1. The van der Waals surface area contributed by atoms with Gasteiger partial charge in [-0.3, -0.25) is 14.5 Å². The molecule has 0 bridgehead atoms. The number of H-pyrrole nitrogens is 1. The van der Waals surface area contributed by atoms with Gasteiger partial charge in [0.25, 0.3) is 5.56 Å². The molecule has 6 nitrogen and oxygen atoms in total. The molecule has 26 heavy (non-hydrogen) atoms. The molecule has 1 aliphatic heterocycles. The van der Waals surface area contributed by atoms with E-state index in [0.717, 1.165) is 31.4 Å². The number of piperidine rings is 1. The Balaban J connectivity index is 1.70. The molecule has 2 heterocycles. The maximum Gasteiger partial charge on any atom is 0.258 e. The van der Waals surface area contributed by atoms with Crippen LogP contribution in [-0.2, 0) is 4.79 Å². The third kappa shape index (κ3) is 4.12. The van der Waals surface area contributed by atoms with E-state index < -0.39 is 0 Å². The van der Waals surface area contributed by atoms with E-state index >= 15 is 0 Å². The largest absolute Gasteiger partial charge is 0.356 e. The number of fused-ring (bicyclic) bond motifs is 1. The van der Waals surface area contributed by atoms with E-state index in [1.165, 1.54) is 0 Å². The summed E-state index contributed by atoms with van der Waals surface area (Å²) in [5.41, 5.74) is 0.645. The fourth-order valence-electron chi connectivity index (χ4n) is 3.54. The Morgan fingerprint density at radius 3 is 2.88 bits per heavy atom. The third-order valence-corrected chi connectivity index (χ3v) is 5.21. The van der Waals surface area contributed by atoms with Crippen LogP contribution in [0, 0.1) is 11.8 Å². The van der Waals surface area contributed by atoms with Gasteiger partial charge in [0.05, 0.1) is 16.9 Å². The number of rotatable bonds is 5. The molecule has 3 rings (SSSR count). The van der Waals surface area contributed by atoms with Crippen LogP contribution in [-0.4, -0.2) is 40.4 Å². The zero-order chi connectivity index (χ0) is 18.7. The summed E-state index contributed by atoms with van der Waals surface area (Å²) in [7, 11) is 0. The first-order chi connectivity index (χ1) is 12.5. The number of hydrogen-bond donors (Lipinski definition) is 2. The zero-order valence-corrected chi connectivity index (χ0v) is 15.8. The van der Waals surface area contributed by atoms with Crippen LogP contribution in [0.25, 0.3) is 10.9 Å². The van der Waals surface area contributed by atoms with Crippen molar-refractivity contribution in [2.45, 2.75) is 39.7 Å². The molecule has 0 spiro atoms. The standard InChI is InChI=1S/C20H28N4O2/c1-13(2)19(25)21-11-15-7-6-10-24(12-15)14(3)18-22-17-9-5-4-8-16(17)20(26)23-18/h4-5,8-9,13-15H,6-7,10-12H2,1-3H3,(H,21,25)(H,22,23,26). The molecule has 2 atom stereocenters. The minimum atomic E-state index is -0.0878. The smallest absolute Gasteiger partial charge is 0.258 e. The van der Waals surface area contributed by atoms with Crippen molar-refractivity contribution >= 4 is 16.8 Å². The molecule has 1 fully saturated rings. The molecule has 140 valence electrons. The number of amides is 1. The van der Waals surface area contributed by atoms with Crippen molar-refractivity contribution in [3.63, 3.8) is 0 Å².